The summed E-state index contributed by atoms with van der Waals surface area (Å²) in [4.78, 5) is 11.2. The molecule has 1 aromatic carbocycles. The van der Waals surface area contributed by atoms with Gasteiger partial charge in [-0.25, -0.2) is 8.42 Å². The fourth-order valence-electron chi connectivity index (χ4n) is 2.00. The smallest absolute Gasteiger partial charge is 0.248 e. The summed E-state index contributed by atoms with van der Waals surface area (Å²) in [5.41, 5.74) is 5.43. The highest BCUT2D eigenvalue weighted by atomic mass is 32.2. The van der Waals surface area contributed by atoms with Crippen LogP contribution in [-0.2, 0) is 10.0 Å². The highest BCUT2D eigenvalue weighted by Crippen LogP contribution is 2.17. The van der Waals surface area contributed by atoms with Crippen LogP contribution in [0.25, 0.3) is 0 Å². The Hall–Kier alpha value is -1.44. The molecule has 1 fully saturated rings. The maximum absolute atomic E-state index is 12.4. The summed E-state index contributed by atoms with van der Waals surface area (Å²) in [6, 6.07) is 5.72. The van der Waals surface area contributed by atoms with Crippen LogP contribution >= 0.6 is 0 Å². The number of hydrogen-bond donors (Lipinski definition) is 2. The second kappa shape index (κ2) is 5.68. The molecule has 2 rings (SSSR count). The predicted molar refractivity (Wildman–Crippen MR) is 71.2 cm³/mol. The van der Waals surface area contributed by atoms with Crippen molar-refractivity contribution in [3.8, 4) is 0 Å². The lowest BCUT2D eigenvalue weighted by atomic mass is 10.2. The van der Waals surface area contributed by atoms with E-state index < -0.39 is 15.9 Å². The monoisotopic (exact) mass is 283 g/mol. The van der Waals surface area contributed by atoms with Crippen LogP contribution in [0.3, 0.4) is 0 Å². The first-order chi connectivity index (χ1) is 9.01. The van der Waals surface area contributed by atoms with Crippen LogP contribution in [0.5, 0.6) is 0 Å². The third-order valence-corrected chi connectivity index (χ3v) is 4.99. The van der Waals surface area contributed by atoms with Gasteiger partial charge in [0.15, 0.2) is 0 Å². The van der Waals surface area contributed by atoms with Gasteiger partial charge in [0.05, 0.1) is 4.90 Å². The van der Waals surface area contributed by atoms with E-state index >= 15 is 0 Å². The molecule has 0 aromatic heterocycles. The quantitative estimate of drug-likeness (QED) is 0.801. The Kier molecular flexibility index (Phi) is 4.18. The summed E-state index contributed by atoms with van der Waals surface area (Å²) in [7, 11) is -3.49. The minimum atomic E-state index is -3.49. The van der Waals surface area contributed by atoms with Gasteiger partial charge in [0.25, 0.3) is 0 Å². The van der Waals surface area contributed by atoms with Crippen LogP contribution in [0.15, 0.2) is 29.2 Å². The van der Waals surface area contributed by atoms with Gasteiger partial charge < -0.3 is 11.1 Å². The van der Waals surface area contributed by atoms with E-state index in [1.165, 1.54) is 28.6 Å². The predicted octanol–water partition coefficient (Wildman–Crippen LogP) is -0.230. The second-order valence-corrected chi connectivity index (χ2v) is 6.33. The Morgan fingerprint density at radius 1 is 1.16 bits per heavy atom. The van der Waals surface area contributed by atoms with Crippen molar-refractivity contribution in [1.29, 1.82) is 0 Å². The molecule has 1 aromatic rings. The number of primary amides is 1. The fraction of sp³-hybridized carbons (Fsp3) is 0.417. The van der Waals surface area contributed by atoms with Crippen LogP contribution in [0.1, 0.15) is 16.8 Å². The van der Waals surface area contributed by atoms with Gasteiger partial charge in [-0.3, -0.25) is 4.79 Å². The first-order valence-electron chi connectivity index (χ1n) is 6.12. The number of carbonyl (C=O) groups excluding carboxylic acids is 1. The maximum atomic E-state index is 12.4. The van der Waals surface area contributed by atoms with Crippen molar-refractivity contribution >= 4 is 15.9 Å². The van der Waals surface area contributed by atoms with E-state index in [0.29, 0.717) is 25.2 Å². The Labute approximate surface area is 112 Å². The zero-order chi connectivity index (χ0) is 13.9. The number of nitrogens with one attached hydrogen (secondary N) is 1. The van der Waals surface area contributed by atoms with Crippen molar-refractivity contribution < 1.29 is 13.2 Å². The van der Waals surface area contributed by atoms with E-state index in [1.807, 2.05) is 0 Å². The minimum absolute atomic E-state index is 0.194. The number of nitrogens with two attached hydrogens (primary N) is 1. The molecule has 6 nitrogen and oxygen atoms in total. The van der Waals surface area contributed by atoms with Crippen molar-refractivity contribution in [3.63, 3.8) is 0 Å². The lowest BCUT2D eigenvalue weighted by Gasteiger charge is -2.19. The summed E-state index contributed by atoms with van der Waals surface area (Å²) >= 11 is 0. The number of amides is 1. The summed E-state index contributed by atoms with van der Waals surface area (Å²) in [6.45, 7) is 2.44. The van der Waals surface area contributed by atoms with E-state index in [1.54, 1.807) is 0 Å². The Morgan fingerprint density at radius 2 is 1.84 bits per heavy atom. The van der Waals surface area contributed by atoms with Crippen LogP contribution < -0.4 is 11.1 Å². The summed E-state index contributed by atoms with van der Waals surface area (Å²) in [5.74, 6) is -0.567. The molecule has 1 aliphatic heterocycles. The largest absolute Gasteiger partial charge is 0.366 e. The number of sulfonamides is 1. The van der Waals surface area contributed by atoms with Crippen LogP contribution in [-0.4, -0.2) is 44.8 Å². The average Bonchev–Trinajstić information content (AvgIpc) is 2.68. The molecule has 0 atom stereocenters. The zero-order valence-electron chi connectivity index (χ0n) is 10.5. The highest BCUT2D eigenvalue weighted by Gasteiger charge is 2.24. The first-order valence-corrected chi connectivity index (χ1v) is 7.56. The maximum Gasteiger partial charge on any atom is 0.248 e. The van der Waals surface area contributed by atoms with Gasteiger partial charge in [-0.15, -0.1) is 0 Å². The number of hydrogen-bond acceptors (Lipinski definition) is 4. The van der Waals surface area contributed by atoms with E-state index in [4.69, 9.17) is 5.73 Å². The first kappa shape index (κ1) is 14.0. The molecule has 0 aliphatic carbocycles. The van der Waals surface area contributed by atoms with Gasteiger partial charge >= 0.3 is 0 Å². The van der Waals surface area contributed by atoms with E-state index in [9.17, 15) is 13.2 Å². The third-order valence-electron chi connectivity index (χ3n) is 3.08. The molecule has 0 saturated carbocycles. The molecule has 3 N–H and O–H groups in total. The van der Waals surface area contributed by atoms with Crippen LogP contribution in [0.4, 0.5) is 0 Å². The zero-order valence-corrected chi connectivity index (χ0v) is 11.3. The van der Waals surface area contributed by atoms with E-state index in [2.05, 4.69) is 5.32 Å². The van der Waals surface area contributed by atoms with Crippen molar-refractivity contribution in [3.05, 3.63) is 29.8 Å². The lowest BCUT2D eigenvalue weighted by molar-refractivity contribution is 0.1000. The number of benzene rings is 1. The van der Waals surface area contributed by atoms with Gasteiger partial charge in [-0.1, -0.05) is 0 Å². The van der Waals surface area contributed by atoms with Crippen LogP contribution in [0.2, 0.25) is 0 Å². The average molecular weight is 283 g/mol. The molecule has 0 spiro atoms. The Balaban J connectivity index is 2.25. The number of rotatable bonds is 3. The van der Waals surface area contributed by atoms with Gasteiger partial charge in [-0.2, -0.15) is 4.31 Å². The number of nitrogens with zero attached hydrogens (tertiary/aromatic N) is 1. The number of carbonyl (C=O) groups is 1. The molecular weight excluding hydrogens is 266 g/mol. The van der Waals surface area contributed by atoms with E-state index in [0.717, 1.165) is 13.0 Å². The van der Waals surface area contributed by atoms with Crippen molar-refractivity contribution in [2.75, 3.05) is 26.2 Å². The molecule has 1 aliphatic rings. The van der Waals surface area contributed by atoms with Crippen molar-refractivity contribution in [2.24, 2.45) is 5.73 Å². The molecule has 1 heterocycles. The standard InChI is InChI=1S/C12H17N3O3S/c13-12(16)10-2-4-11(5-3-10)19(17,18)15-8-1-6-14-7-9-15/h2-5,14H,1,6-9H2,(H2,13,16). The van der Waals surface area contributed by atoms with Crippen molar-refractivity contribution in [1.82, 2.24) is 9.62 Å². The summed E-state index contributed by atoms with van der Waals surface area (Å²) < 4.78 is 26.3. The highest BCUT2D eigenvalue weighted by molar-refractivity contribution is 7.89. The molecule has 0 radical (unpaired) electrons. The molecule has 0 unspecified atom stereocenters. The lowest BCUT2D eigenvalue weighted by Crippen LogP contribution is -2.34. The fourth-order valence-corrected chi connectivity index (χ4v) is 3.48. The molecule has 7 heteroatoms. The SMILES string of the molecule is NC(=O)c1ccc(S(=O)(=O)N2CCCNCC2)cc1. The van der Waals surface area contributed by atoms with Gasteiger partial charge in [0.2, 0.25) is 15.9 Å². The van der Waals surface area contributed by atoms with E-state index in [-0.39, 0.29) is 4.90 Å². The third kappa shape index (κ3) is 3.12. The van der Waals surface area contributed by atoms with Crippen LogP contribution in [0, 0.1) is 0 Å². The molecule has 19 heavy (non-hydrogen) atoms. The Bertz CT molecular complexity index is 546. The van der Waals surface area contributed by atoms with Gasteiger partial charge in [0, 0.05) is 25.2 Å². The minimum Gasteiger partial charge on any atom is -0.366 e. The van der Waals surface area contributed by atoms with Gasteiger partial charge in [-0.05, 0) is 37.2 Å². The molecule has 104 valence electrons. The molecule has 1 amide bonds. The Morgan fingerprint density at radius 3 is 2.47 bits per heavy atom. The molecular formula is C12H17N3O3S. The van der Waals surface area contributed by atoms with Gasteiger partial charge in [0.1, 0.15) is 0 Å². The molecule has 1 saturated heterocycles. The van der Waals surface area contributed by atoms with Crippen molar-refractivity contribution in [2.45, 2.75) is 11.3 Å². The summed E-state index contributed by atoms with van der Waals surface area (Å²) in [5, 5.41) is 3.16. The molecule has 0 bridgehead atoms. The normalized spacial score (nSPS) is 17.9. The topological polar surface area (TPSA) is 92.5 Å². The summed E-state index contributed by atoms with van der Waals surface area (Å²) in [6.07, 6.45) is 0.790. The second-order valence-electron chi connectivity index (χ2n) is 4.40.